The molecule has 28 heavy (non-hydrogen) atoms. The Morgan fingerprint density at radius 2 is 1.93 bits per heavy atom. The van der Waals surface area contributed by atoms with Gasteiger partial charge in [0, 0.05) is 35.0 Å². The van der Waals surface area contributed by atoms with E-state index < -0.39 is 0 Å². The van der Waals surface area contributed by atoms with Gasteiger partial charge in [-0.25, -0.2) is 4.52 Å². The van der Waals surface area contributed by atoms with E-state index in [0.29, 0.717) is 23.8 Å². The highest BCUT2D eigenvalue weighted by Crippen LogP contribution is 2.22. The Labute approximate surface area is 171 Å². The lowest BCUT2D eigenvalue weighted by atomic mass is 10.2. The summed E-state index contributed by atoms with van der Waals surface area (Å²) >= 11 is 7.47. The summed E-state index contributed by atoms with van der Waals surface area (Å²) in [7, 11) is 0. The predicted molar refractivity (Wildman–Crippen MR) is 113 cm³/mol. The molecule has 0 aliphatic rings. The molecule has 0 radical (unpaired) electrons. The largest absolute Gasteiger partial charge is 0.352 e. The topological polar surface area (TPSA) is 59.3 Å². The monoisotopic (exact) mass is 408 g/mol. The molecule has 0 atom stereocenters. The SMILES string of the molecule is O=C(/C=C/c1ccccc1)NCCc1csc2nc(-c3ccc(Cl)cc3)nn12. The molecular formula is C21H17ClN4OS. The molecule has 4 aromatic rings. The zero-order valence-electron chi connectivity index (χ0n) is 14.9. The van der Waals surface area contributed by atoms with Gasteiger partial charge in [0.1, 0.15) is 0 Å². The van der Waals surface area contributed by atoms with Crippen molar-refractivity contribution in [2.24, 2.45) is 0 Å². The molecule has 2 aromatic carbocycles. The number of carbonyl (C=O) groups excluding carboxylic acids is 1. The van der Waals surface area contributed by atoms with Gasteiger partial charge < -0.3 is 5.32 Å². The fraction of sp³-hybridized carbons (Fsp3) is 0.0952. The number of amides is 1. The van der Waals surface area contributed by atoms with Crippen molar-refractivity contribution in [3.8, 4) is 11.4 Å². The van der Waals surface area contributed by atoms with Crippen molar-refractivity contribution in [1.29, 1.82) is 0 Å². The van der Waals surface area contributed by atoms with Crippen LogP contribution in [-0.4, -0.2) is 27.0 Å². The molecule has 0 bridgehead atoms. The van der Waals surface area contributed by atoms with Gasteiger partial charge in [0.15, 0.2) is 5.82 Å². The van der Waals surface area contributed by atoms with Gasteiger partial charge in [-0.15, -0.1) is 16.4 Å². The van der Waals surface area contributed by atoms with Gasteiger partial charge in [0.2, 0.25) is 10.9 Å². The summed E-state index contributed by atoms with van der Waals surface area (Å²) in [5.41, 5.74) is 2.93. The molecule has 140 valence electrons. The number of aromatic nitrogens is 3. The minimum Gasteiger partial charge on any atom is -0.352 e. The molecule has 5 nitrogen and oxygen atoms in total. The molecule has 2 heterocycles. The second kappa shape index (κ2) is 8.37. The van der Waals surface area contributed by atoms with Crippen molar-refractivity contribution in [3.63, 3.8) is 0 Å². The highest BCUT2D eigenvalue weighted by Gasteiger charge is 2.11. The lowest BCUT2D eigenvalue weighted by Gasteiger charge is -2.01. The van der Waals surface area contributed by atoms with Crippen molar-refractivity contribution in [1.82, 2.24) is 19.9 Å². The van der Waals surface area contributed by atoms with E-state index in [-0.39, 0.29) is 5.91 Å². The number of rotatable bonds is 6. The quantitative estimate of drug-likeness (QED) is 0.478. The van der Waals surface area contributed by atoms with Crippen LogP contribution in [0.25, 0.3) is 22.4 Å². The van der Waals surface area contributed by atoms with Gasteiger partial charge >= 0.3 is 0 Å². The van der Waals surface area contributed by atoms with Gasteiger partial charge in [-0.3, -0.25) is 4.79 Å². The summed E-state index contributed by atoms with van der Waals surface area (Å²) < 4.78 is 1.83. The third-order valence-electron chi connectivity index (χ3n) is 4.16. The van der Waals surface area contributed by atoms with Crippen LogP contribution in [0.4, 0.5) is 0 Å². The number of benzene rings is 2. The molecular weight excluding hydrogens is 392 g/mol. The lowest BCUT2D eigenvalue weighted by Crippen LogP contribution is -2.23. The third-order valence-corrected chi connectivity index (χ3v) is 5.28. The van der Waals surface area contributed by atoms with E-state index in [9.17, 15) is 4.79 Å². The first-order chi connectivity index (χ1) is 13.7. The van der Waals surface area contributed by atoms with E-state index in [1.54, 1.807) is 12.2 Å². The van der Waals surface area contributed by atoms with Crippen LogP contribution in [0.3, 0.4) is 0 Å². The molecule has 1 amide bonds. The van der Waals surface area contributed by atoms with Crippen molar-refractivity contribution in [3.05, 3.63) is 82.3 Å². The van der Waals surface area contributed by atoms with E-state index in [1.165, 1.54) is 11.3 Å². The first-order valence-electron chi connectivity index (χ1n) is 8.79. The normalized spacial score (nSPS) is 11.3. The maximum absolute atomic E-state index is 12.0. The first kappa shape index (κ1) is 18.4. The molecule has 7 heteroatoms. The van der Waals surface area contributed by atoms with Gasteiger partial charge in [-0.1, -0.05) is 41.9 Å². The number of hydrogen-bond acceptors (Lipinski definition) is 4. The van der Waals surface area contributed by atoms with E-state index >= 15 is 0 Å². The number of thiazole rings is 1. The number of nitrogens with one attached hydrogen (secondary N) is 1. The third kappa shape index (κ3) is 4.30. The Morgan fingerprint density at radius 1 is 1.14 bits per heavy atom. The number of nitrogens with zero attached hydrogens (tertiary/aromatic N) is 3. The van der Waals surface area contributed by atoms with Crippen LogP contribution in [0.5, 0.6) is 0 Å². The predicted octanol–water partition coefficient (Wildman–Crippen LogP) is 4.48. The summed E-state index contributed by atoms with van der Waals surface area (Å²) in [6.45, 7) is 0.528. The Morgan fingerprint density at radius 3 is 2.71 bits per heavy atom. The number of carbonyl (C=O) groups is 1. The molecule has 0 aliphatic carbocycles. The van der Waals surface area contributed by atoms with Gasteiger partial charge in [0.05, 0.1) is 5.69 Å². The second-order valence-corrected chi connectivity index (χ2v) is 7.42. The Hall–Kier alpha value is -2.96. The Kier molecular flexibility index (Phi) is 5.50. The smallest absolute Gasteiger partial charge is 0.244 e. The van der Waals surface area contributed by atoms with Crippen LogP contribution in [0.2, 0.25) is 5.02 Å². The van der Waals surface area contributed by atoms with Gasteiger partial charge in [-0.2, -0.15) is 4.98 Å². The zero-order chi connectivity index (χ0) is 19.3. The lowest BCUT2D eigenvalue weighted by molar-refractivity contribution is -0.116. The van der Waals surface area contributed by atoms with E-state index in [0.717, 1.165) is 21.8 Å². The summed E-state index contributed by atoms with van der Waals surface area (Å²) in [6.07, 6.45) is 4.02. The van der Waals surface area contributed by atoms with Crippen molar-refractivity contribution in [2.45, 2.75) is 6.42 Å². The standard InChI is InChI=1S/C21H17ClN4OS/c22-17-9-7-16(8-10-17)20-24-21-26(25-20)18(14-28-21)12-13-23-19(27)11-6-15-4-2-1-3-5-15/h1-11,14H,12-13H2,(H,23,27)/b11-6+. The molecule has 0 saturated heterocycles. The van der Waals surface area contributed by atoms with Crippen LogP contribution in [-0.2, 0) is 11.2 Å². The average molecular weight is 409 g/mol. The van der Waals surface area contributed by atoms with Crippen LogP contribution in [0, 0.1) is 0 Å². The van der Waals surface area contributed by atoms with Crippen molar-refractivity contribution >= 4 is 39.9 Å². The van der Waals surface area contributed by atoms with Crippen LogP contribution in [0.1, 0.15) is 11.3 Å². The maximum Gasteiger partial charge on any atom is 0.244 e. The van der Waals surface area contributed by atoms with E-state index in [1.807, 2.05) is 64.5 Å². The van der Waals surface area contributed by atoms with E-state index in [2.05, 4.69) is 15.4 Å². The first-order valence-corrected chi connectivity index (χ1v) is 10.0. The fourth-order valence-corrected chi connectivity index (χ4v) is 3.71. The highest BCUT2D eigenvalue weighted by atomic mass is 35.5. The molecule has 0 spiro atoms. The summed E-state index contributed by atoms with van der Waals surface area (Å²) in [6, 6.07) is 17.2. The summed E-state index contributed by atoms with van der Waals surface area (Å²) in [4.78, 5) is 17.4. The minimum absolute atomic E-state index is 0.115. The number of halogens is 1. The summed E-state index contributed by atoms with van der Waals surface area (Å²) in [5.74, 6) is 0.551. The summed E-state index contributed by atoms with van der Waals surface area (Å²) in [5, 5.41) is 10.2. The Bertz CT molecular complexity index is 1120. The molecule has 0 unspecified atom stereocenters. The molecule has 0 saturated carbocycles. The fourth-order valence-electron chi connectivity index (χ4n) is 2.73. The van der Waals surface area contributed by atoms with E-state index in [4.69, 9.17) is 11.6 Å². The Balaban J connectivity index is 1.38. The molecule has 0 fully saturated rings. The van der Waals surface area contributed by atoms with Crippen LogP contribution >= 0.6 is 22.9 Å². The number of hydrogen-bond donors (Lipinski definition) is 1. The van der Waals surface area contributed by atoms with Crippen molar-refractivity contribution in [2.75, 3.05) is 6.54 Å². The minimum atomic E-state index is -0.115. The van der Waals surface area contributed by atoms with Crippen LogP contribution in [0.15, 0.2) is 66.1 Å². The zero-order valence-corrected chi connectivity index (χ0v) is 16.5. The molecule has 0 aliphatic heterocycles. The van der Waals surface area contributed by atoms with Gasteiger partial charge in [-0.05, 0) is 35.9 Å². The second-order valence-electron chi connectivity index (χ2n) is 6.15. The number of fused-ring (bicyclic) bond motifs is 1. The van der Waals surface area contributed by atoms with Crippen molar-refractivity contribution < 1.29 is 4.79 Å². The molecule has 2 aromatic heterocycles. The maximum atomic E-state index is 12.0. The van der Waals surface area contributed by atoms with Crippen LogP contribution < -0.4 is 5.32 Å². The van der Waals surface area contributed by atoms with Gasteiger partial charge in [0.25, 0.3) is 0 Å². The molecule has 4 rings (SSSR count). The molecule has 1 N–H and O–H groups in total. The highest BCUT2D eigenvalue weighted by molar-refractivity contribution is 7.15. The average Bonchev–Trinajstić information content (AvgIpc) is 3.29.